The van der Waals surface area contributed by atoms with Crippen LogP contribution in [-0.4, -0.2) is 30.8 Å². The third kappa shape index (κ3) is 5.15. The van der Waals surface area contributed by atoms with Gasteiger partial charge in [0.05, 0.1) is 5.56 Å². The summed E-state index contributed by atoms with van der Waals surface area (Å²) >= 11 is 0. The second-order valence-electron chi connectivity index (χ2n) is 7.81. The fraction of sp³-hybridized carbons (Fsp3) is 0.556. The first kappa shape index (κ1) is 18.1. The highest BCUT2D eigenvalue weighted by Crippen LogP contribution is 2.32. The summed E-state index contributed by atoms with van der Waals surface area (Å²) in [5.41, 5.74) is 0.0291. The Morgan fingerprint density at radius 3 is 2.46 bits per heavy atom. The van der Waals surface area contributed by atoms with Gasteiger partial charge in [0.15, 0.2) is 18.1 Å². The van der Waals surface area contributed by atoms with E-state index >= 15 is 0 Å². The van der Waals surface area contributed by atoms with E-state index in [4.69, 9.17) is 14.2 Å². The number of fused-ring (bicyclic) bond motifs is 1. The molecular weight excluding hydrogens is 310 g/mol. The average Bonchev–Trinajstić information content (AvgIpc) is 2.88. The number of carbonyl (C=O) groups excluding carboxylic acids is 2. The largest absolute Gasteiger partial charge is 0.454 e. The topological polar surface area (TPSA) is 73.9 Å². The van der Waals surface area contributed by atoms with Gasteiger partial charge in [-0.3, -0.25) is 4.79 Å². The van der Waals surface area contributed by atoms with Gasteiger partial charge >= 0.3 is 5.97 Å². The maximum atomic E-state index is 12.0. The van der Waals surface area contributed by atoms with Gasteiger partial charge in [-0.15, -0.1) is 0 Å². The molecule has 1 aromatic carbocycles. The van der Waals surface area contributed by atoms with Crippen LogP contribution in [-0.2, 0) is 9.53 Å². The summed E-state index contributed by atoms with van der Waals surface area (Å²) in [5, 5.41) is 2.90. The monoisotopic (exact) mass is 335 g/mol. The molecule has 0 unspecified atom stereocenters. The lowest BCUT2D eigenvalue weighted by atomic mass is 9.82. The van der Waals surface area contributed by atoms with Crippen LogP contribution in [0.15, 0.2) is 18.2 Å². The van der Waals surface area contributed by atoms with Crippen molar-refractivity contribution in [3.63, 3.8) is 0 Å². The quantitative estimate of drug-likeness (QED) is 0.838. The number of hydrogen-bond acceptors (Lipinski definition) is 5. The predicted octanol–water partition coefficient (Wildman–Crippen LogP) is 2.90. The van der Waals surface area contributed by atoms with Crippen LogP contribution in [0.2, 0.25) is 0 Å². The third-order valence-electron chi connectivity index (χ3n) is 3.39. The van der Waals surface area contributed by atoms with Crippen molar-refractivity contribution >= 4 is 11.9 Å². The lowest BCUT2D eigenvalue weighted by molar-refractivity contribution is -0.126. The van der Waals surface area contributed by atoms with E-state index in [1.165, 1.54) is 0 Å². The van der Waals surface area contributed by atoms with Crippen LogP contribution in [0.3, 0.4) is 0 Å². The zero-order chi connectivity index (χ0) is 18.0. The van der Waals surface area contributed by atoms with Gasteiger partial charge in [0.1, 0.15) is 0 Å². The molecule has 2 rings (SSSR count). The summed E-state index contributed by atoms with van der Waals surface area (Å²) in [6, 6.07) is 4.77. The first-order chi connectivity index (χ1) is 11.1. The molecule has 0 aromatic heterocycles. The fourth-order valence-electron chi connectivity index (χ4n) is 3.02. The summed E-state index contributed by atoms with van der Waals surface area (Å²) in [6.45, 7) is 10.1. The Hall–Kier alpha value is -2.24. The highest BCUT2D eigenvalue weighted by Gasteiger charge is 2.27. The molecule has 1 aliphatic heterocycles. The molecule has 0 atom stereocenters. The Morgan fingerprint density at radius 1 is 1.12 bits per heavy atom. The molecule has 1 N–H and O–H groups in total. The number of esters is 1. The second kappa shape index (κ2) is 6.71. The van der Waals surface area contributed by atoms with E-state index in [0.29, 0.717) is 17.1 Å². The number of amides is 1. The molecule has 132 valence electrons. The van der Waals surface area contributed by atoms with Crippen LogP contribution in [0, 0.1) is 5.41 Å². The molecular formula is C18H25NO5. The molecule has 0 fully saturated rings. The molecule has 0 aliphatic carbocycles. The van der Waals surface area contributed by atoms with Gasteiger partial charge in [0, 0.05) is 5.54 Å². The third-order valence-corrected chi connectivity index (χ3v) is 3.39. The van der Waals surface area contributed by atoms with Gasteiger partial charge in [-0.2, -0.15) is 0 Å². The number of rotatable bonds is 5. The Labute approximate surface area is 142 Å². The van der Waals surface area contributed by atoms with Gasteiger partial charge in [-0.05, 0) is 43.9 Å². The molecule has 6 nitrogen and oxygen atoms in total. The van der Waals surface area contributed by atoms with E-state index in [2.05, 4.69) is 26.1 Å². The van der Waals surface area contributed by atoms with Crippen LogP contribution in [0.5, 0.6) is 11.5 Å². The van der Waals surface area contributed by atoms with E-state index in [9.17, 15) is 9.59 Å². The van der Waals surface area contributed by atoms with Crippen LogP contribution in [0.25, 0.3) is 0 Å². The SMILES string of the molecule is CC(C)(C)CC(C)(C)NC(=O)COC(=O)c1ccc2c(c1)OCO2. The maximum Gasteiger partial charge on any atom is 0.338 e. The molecule has 0 radical (unpaired) electrons. The Morgan fingerprint density at radius 2 is 1.79 bits per heavy atom. The minimum atomic E-state index is -0.572. The Kier molecular flexibility index (Phi) is 5.06. The number of nitrogens with one attached hydrogen (secondary N) is 1. The van der Waals surface area contributed by atoms with Gasteiger partial charge in [0.25, 0.3) is 5.91 Å². The lowest BCUT2D eigenvalue weighted by Gasteiger charge is -2.33. The predicted molar refractivity (Wildman–Crippen MR) is 89.1 cm³/mol. The Balaban J connectivity index is 1.86. The van der Waals surface area contributed by atoms with Crippen LogP contribution < -0.4 is 14.8 Å². The highest BCUT2D eigenvalue weighted by molar-refractivity contribution is 5.92. The number of ether oxygens (including phenoxy) is 3. The highest BCUT2D eigenvalue weighted by atomic mass is 16.7. The van der Waals surface area contributed by atoms with Crippen LogP contribution >= 0.6 is 0 Å². The van der Waals surface area contributed by atoms with Crippen molar-refractivity contribution < 1.29 is 23.8 Å². The van der Waals surface area contributed by atoms with Gasteiger partial charge in [0.2, 0.25) is 6.79 Å². The van der Waals surface area contributed by atoms with Crippen molar-refractivity contribution in [2.45, 2.75) is 46.6 Å². The van der Waals surface area contributed by atoms with Crippen molar-refractivity contribution in [1.82, 2.24) is 5.32 Å². The molecule has 0 saturated carbocycles. The van der Waals surface area contributed by atoms with Crippen LogP contribution in [0.1, 0.15) is 51.4 Å². The molecule has 1 aliphatic rings. The van der Waals surface area contributed by atoms with Crippen molar-refractivity contribution in [2.75, 3.05) is 13.4 Å². The maximum absolute atomic E-state index is 12.0. The van der Waals surface area contributed by atoms with E-state index < -0.39 is 5.97 Å². The van der Waals surface area contributed by atoms with Crippen molar-refractivity contribution in [2.24, 2.45) is 5.41 Å². The molecule has 0 saturated heterocycles. The summed E-state index contributed by atoms with van der Waals surface area (Å²) in [4.78, 5) is 24.1. The van der Waals surface area contributed by atoms with Crippen molar-refractivity contribution in [1.29, 1.82) is 0 Å². The van der Waals surface area contributed by atoms with E-state index in [0.717, 1.165) is 6.42 Å². The first-order valence-electron chi connectivity index (χ1n) is 7.94. The minimum absolute atomic E-state index is 0.0833. The standard InChI is InChI=1S/C18H25NO5/c1-17(2,3)10-18(4,5)19-15(20)9-22-16(21)12-6-7-13-14(8-12)24-11-23-13/h6-8H,9-11H2,1-5H3,(H,19,20). The zero-order valence-corrected chi connectivity index (χ0v) is 14.9. The fourth-order valence-corrected chi connectivity index (χ4v) is 3.02. The van der Waals surface area contributed by atoms with Crippen molar-refractivity contribution in [3.05, 3.63) is 23.8 Å². The molecule has 0 spiro atoms. The summed E-state index contributed by atoms with van der Waals surface area (Å²) < 4.78 is 15.5. The summed E-state index contributed by atoms with van der Waals surface area (Å²) in [6.07, 6.45) is 0.807. The number of benzene rings is 1. The summed E-state index contributed by atoms with van der Waals surface area (Å²) in [5.74, 6) is 0.198. The molecule has 1 heterocycles. The normalized spacial score (nSPS) is 13.5. The average molecular weight is 335 g/mol. The smallest absolute Gasteiger partial charge is 0.338 e. The van der Waals surface area contributed by atoms with Gasteiger partial charge in [-0.1, -0.05) is 20.8 Å². The molecule has 0 bridgehead atoms. The number of carbonyl (C=O) groups is 2. The summed E-state index contributed by atoms with van der Waals surface area (Å²) in [7, 11) is 0. The van der Waals surface area contributed by atoms with Crippen LogP contribution in [0.4, 0.5) is 0 Å². The molecule has 1 aromatic rings. The number of hydrogen-bond donors (Lipinski definition) is 1. The van der Waals surface area contributed by atoms with Gasteiger partial charge in [-0.25, -0.2) is 4.79 Å². The van der Waals surface area contributed by atoms with E-state index in [1.54, 1.807) is 18.2 Å². The first-order valence-corrected chi connectivity index (χ1v) is 7.94. The molecule has 1 amide bonds. The molecule has 24 heavy (non-hydrogen) atoms. The lowest BCUT2D eigenvalue weighted by Crippen LogP contribution is -2.47. The van der Waals surface area contributed by atoms with Crippen molar-refractivity contribution in [3.8, 4) is 11.5 Å². The molecule has 6 heteroatoms. The zero-order valence-electron chi connectivity index (χ0n) is 14.9. The second-order valence-corrected chi connectivity index (χ2v) is 7.81. The van der Waals surface area contributed by atoms with E-state index in [-0.39, 0.29) is 30.3 Å². The van der Waals surface area contributed by atoms with E-state index in [1.807, 2.05) is 13.8 Å². The minimum Gasteiger partial charge on any atom is -0.454 e. The van der Waals surface area contributed by atoms with Gasteiger partial charge < -0.3 is 19.5 Å². The Bertz CT molecular complexity index is 631.